The van der Waals surface area contributed by atoms with E-state index in [9.17, 15) is 8.78 Å². The zero-order valence-electron chi connectivity index (χ0n) is 7.65. The molecule has 1 atom stereocenters. The molecule has 1 rings (SSSR count). The molecule has 1 aromatic carbocycles. The third-order valence-electron chi connectivity index (χ3n) is 2.00. The number of halogens is 3. The Morgan fingerprint density at radius 3 is 2.29 bits per heavy atom. The first-order chi connectivity index (χ1) is 6.60. The molecule has 2 nitrogen and oxygen atoms in total. The molecule has 1 unspecified atom stereocenters. The minimum atomic E-state index is -0.596. The highest BCUT2D eigenvalue weighted by Gasteiger charge is 2.18. The van der Waals surface area contributed by atoms with E-state index in [2.05, 4.69) is 21.4 Å². The van der Waals surface area contributed by atoms with Crippen molar-refractivity contribution in [1.82, 2.24) is 5.43 Å². The van der Waals surface area contributed by atoms with Gasteiger partial charge in [-0.15, -0.1) is 0 Å². The molecule has 0 aliphatic carbocycles. The fourth-order valence-electron chi connectivity index (χ4n) is 1.29. The molecule has 3 N–H and O–H groups in total. The van der Waals surface area contributed by atoms with E-state index in [4.69, 9.17) is 5.84 Å². The Morgan fingerprint density at radius 2 is 1.93 bits per heavy atom. The Bertz CT molecular complexity index is 304. The van der Waals surface area contributed by atoms with Crippen LogP contribution < -0.4 is 11.3 Å². The Morgan fingerprint density at radius 1 is 1.43 bits per heavy atom. The summed E-state index contributed by atoms with van der Waals surface area (Å²) >= 11 is 3.01. The number of hydrazine groups is 1. The summed E-state index contributed by atoms with van der Waals surface area (Å²) in [7, 11) is 0. The molecular formula is C9H11BrF2N2. The van der Waals surface area contributed by atoms with Crippen molar-refractivity contribution in [3.8, 4) is 0 Å². The van der Waals surface area contributed by atoms with E-state index in [0.29, 0.717) is 10.9 Å². The molecule has 5 heteroatoms. The van der Waals surface area contributed by atoms with Crippen LogP contribution in [0.5, 0.6) is 0 Å². The summed E-state index contributed by atoms with van der Waals surface area (Å²) in [6, 6.07) is 1.94. The summed E-state index contributed by atoms with van der Waals surface area (Å²) in [4.78, 5) is 0. The highest BCUT2D eigenvalue weighted by atomic mass is 79.9. The van der Waals surface area contributed by atoms with Crippen molar-refractivity contribution < 1.29 is 8.78 Å². The van der Waals surface area contributed by atoms with Crippen LogP contribution in [0.3, 0.4) is 0 Å². The molecule has 0 aliphatic heterocycles. The molecule has 0 fully saturated rings. The monoisotopic (exact) mass is 264 g/mol. The standard InChI is InChI=1S/C9H11BrF2N2/c1-2-8(14-13)9-6(11)3-5(10)4-7(9)12/h3-4,8,14H,2,13H2,1H3. The van der Waals surface area contributed by atoms with Gasteiger partial charge in [0, 0.05) is 10.0 Å². The van der Waals surface area contributed by atoms with Crippen LogP contribution in [0.1, 0.15) is 24.9 Å². The second-order valence-corrected chi connectivity index (χ2v) is 3.83. The van der Waals surface area contributed by atoms with Gasteiger partial charge in [-0.1, -0.05) is 22.9 Å². The Balaban J connectivity index is 3.19. The quantitative estimate of drug-likeness (QED) is 0.651. The first-order valence-electron chi connectivity index (χ1n) is 4.20. The maximum Gasteiger partial charge on any atom is 0.132 e. The summed E-state index contributed by atoms with van der Waals surface area (Å²) in [5.74, 6) is 4.00. The second kappa shape index (κ2) is 4.82. The average Bonchev–Trinajstić information content (AvgIpc) is 2.10. The number of nitrogens with one attached hydrogen (secondary N) is 1. The molecule has 0 spiro atoms. The molecule has 0 amide bonds. The van der Waals surface area contributed by atoms with Crippen LogP contribution in [0.15, 0.2) is 16.6 Å². The normalized spacial score (nSPS) is 12.9. The Labute approximate surface area is 89.6 Å². The van der Waals surface area contributed by atoms with Crippen molar-refractivity contribution in [2.24, 2.45) is 5.84 Å². The molecule has 0 aliphatic rings. The first-order valence-corrected chi connectivity index (χ1v) is 5.00. The van der Waals surface area contributed by atoms with Crippen molar-refractivity contribution in [2.75, 3.05) is 0 Å². The van der Waals surface area contributed by atoms with Crippen LogP contribution in [0.25, 0.3) is 0 Å². The lowest BCUT2D eigenvalue weighted by atomic mass is 10.0. The number of nitrogens with two attached hydrogens (primary N) is 1. The van der Waals surface area contributed by atoms with Crippen molar-refractivity contribution in [3.63, 3.8) is 0 Å². The minimum absolute atomic E-state index is 0.0156. The largest absolute Gasteiger partial charge is 0.271 e. The van der Waals surface area contributed by atoms with Gasteiger partial charge < -0.3 is 0 Å². The van der Waals surface area contributed by atoms with E-state index in [1.807, 2.05) is 0 Å². The smallest absolute Gasteiger partial charge is 0.132 e. The van der Waals surface area contributed by atoms with Crippen LogP contribution in [0.2, 0.25) is 0 Å². The molecule has 78 valence electrons. The molecule has 0 heterocycles. The molecule has 0 aromatic heterocycles. The lowest BCUT2D eigenvalue weighted by Crippen LogP contribution is -2.29. The fraction of sp³-hybridized carbons (Fsp3) is 0.333. The second-order valence-electron chi connectivity index (χ2n) is 2.91. The van der Waals surface area contributed by atoms with Gasteiger partial charge in [0.2, 0.25) is 0 Å². The van der Waals surface area contributed by atoms with E-state index in [1.54, 1.807) is 6.92 Å². The highest BCUT2D eigenvalue weighted by molar-refractivity contribution is 9.10. The zero-order chi connectivity index (χ0) is 10.7. The van der Waals surface area contributed by atoms with E-state index in [1.165, 1.54) is 12.1 Å². The number of benzene rings is 1. The summed E-state index contributed by atoms with van der Waals surface area (Å²) in [5.41, 5.74) is 2.36. The van der Waals surface area contributed by atoms with Crippen molar-refractivity contribution in [2.45, 2.75) is 19.4 Å². The Kier molecular flexibility index (Phi) is 3.97. The highest BCUT2D eigenvalue weighted by Crippen LogP contribution is 2.25. The first kappa shape index (κ1) is 11.6. The van der Waals surface area contributed by atoms with Gasteiger partial charge in [-0.2, -0.15) is 0 Å². The van der Waals surface area contributed by atoms with Gasteiger partial charge in [0.15, 0.2) is 0 Å². The van der Waals surface area contributed by atoms with Gasteiger partial charge in [-0.3, -0.25) is 11.3 Å². The lowest BCUT2D eigenvalue weighted by molar-refractivity contribution is 0.465. The summed E-state index contributed by atoms with van der Waals surface area (Å²) in [6.45, 7) is 1.80. The van der Waals surface area contributed by atoms with E-state index >= 15 is 0 Å². The summed E-state index contributed by atoms with van der Waals surface area (Å²) in [5, 5.41) is 0. The molecule has 0 saturated heterocycles. The van der Waals surface area contributed by atoms with Crippen molar-refractivity contribution in [3.05, 3.63) is 33.8 Å². The van der Waals surface area contributed by atoms with Gasteiger partial charge in [0.25, 0.3) is 0 Å². The summed E-state index contributed by atoms with van der Waals surface area (Å²) in [6.07, 6.45) is 0.520. The SMILES string of the molecule is CCC(NN)c1c(F)cc(Br)cc1F. The van der Waals surface area contributed by atoms with Crippen molar-refractivity contribution in [1.29, 1.82) is 0 Å². The van der Waals surface area contributed by atoms with E-state index in [0.717, 1.165) is 0 Å². The van der Waals surface area contributed by atoms with Crippen LogP contribution in [-0.2, 0) is 0 Å². The maximum atomic E-state index is 13.4. The molecule has 0 radical (unpaired) electrons. The maximum absolute atomic E-state index is 13.4. The molecule has 0 bridgehead atoms. The fourth-order valence-corrected chi connectivity index (χ4v) is 1.69. The van der Waals surface area contributed by atoms with Gasteiger partial charge in [0.05, 0.1) is 6.04 Å². The van der Waals surface area contributed by atoms with Gasteiger partial charge in [-0.05, 0) is 18.6 Å². The number of rotatable bonds is 3. The predicted molar refractivity (Wildman–Crippen MR) is 54.4 cm³/mol. The number of hydrogen-bond donors (Lipinski definition) is 2. The number of hydrogen-bond acceptors (Lipinski definition) is 2. The Hall–Kier alpha value is -0.520. The summed E-state index contributed by atoms with van der Waals surface area (Å²) < 4.78 is 27.1. The van der Waals surface area contributed by atoms with Crippen LogP contribution in [0.4, 0.5) is 8.78 Å². The average molecular weight is 265 g/mol. The van der Waals surface area contributed by atoms with Crippen LogP contribution in [-0.4, -0.2) is 0 Å². The zero-order valence-corrected chi connectivity index (χ0v) is 9.24. The molecular weight excluding hydrogens is 254 g/mol. The van der Waals surface area contributed by atoms with Gasteiger partial charge >= 0.3 is 0 Å². The predicted octanol–water partition coefficient (Wildman–Crippen LogP) is 2.64. The van der Waals surface area contributed by atoms with Crippen LogP contribution >= 0.6 is 15.9 Å². The van der Waals surface area contributed by atoms with Crippen LogP contribution in [0, 0.1) is 11.6 Å². The third-order valence-corrected chi connectivity index (χ3v) is 2.46. The van der Waals surface area contributed by atoms with Crippen molar-refractivity contribution >= 4 is 15.9 Å². The van der Waals surface area contributed by atoms with Gasteiger partial charge in [0.1, 0.15) is 11.6 Å². The molecule has 14 heavy (non-hydrogen) atoms. The topological polar surface area (TPSA) is 38.0 Å². The van der Waals surface area contributed by atoms with Gasteiger partial charge in [-0.25, -0.2) is 8.78 Å². The van der Waals surface area contributed by atoms with E-state index in [-0.39, 0.29) is 5.56 Å². The molecule has 0 saturated carbocycles. The third kappa shape index (κ3) is 2.29. The lowest BCUT2D eigenvalue weighted by Gasteiger charge is -2.15. The minimum Gasteiger partial charge on any atom is -0.271 e. The molecule has 1 aromatic rings. The van der Waals surface area contributed by atoms with E-state index < -0.39 is 17.7 Å².